The summed E-state index contributed by atoms with van der Waals surface area (Å²) >= 11 is 5.62. The van der Waals surface area contributed by atoms with E-state index in [1.807, 2.05) is 0 Å². The van der Waals surface area contributed by atoms with E-state index < -0.39 is 11.7 Å². The molecule has 2 aromatic rings. The van der Waals surface area contributed by atoms with Crippen LogP contribution in [-0.2, 0) is 14.2 Å². The number of fused-ring (bicyclic) bond motifs is 1. The van der Waals surface area contributed by atoms with Gasteiger partial charge in [-0.05, 0) is 12.8 Å². The Morgan fingerprint density at radius 1 is 1.16 bits per heavy atom. The Balaban J connectivity index is 1.52. The number of anilines is 1. The van der Waals surface area contributed by atoms with Gasteiger partial charge in [-0.3, -0.25) is 4.79 Å². The van der Waals surface area contributed by atoms with Crippen LogP contribution in [0.15, 0.2) is 11.0 Å². The molecule has 0 aliphatic rings. The molecule has 0 unspecified atom stereocenters. The summed E-state index contributed by atoms with van der Waals surface area (Å²) in [6.45, 7) is 2.25. The van der Waals surface area contributed by atoms with Crippen molar-refractivity contribution in [2.45, 2.75) is 25.7 Å². The van der Waals surface area contributed by atoms with Crippen molar-refractivity contribution >= 4 is 34.7 Å². The number of H-pyrrole nitrogens is 2. The third kappa shape index (κ3) is 9.29. The number of hydrogen-bond donors (Lipinski definition) is 4. The Hall–Kier alpha value is -2.74. The van der Waals surface area contributed by atoms with Crippen molar-refractivity contribution < 1.29 is 19.0 Å². The van der Waals surface area contributed by atoms with Crippen LogP contribution in [0.25, 0.3) is 11.0 Å². The van der Waals surface area contributed by atoms with Gasteiger partial charge in [0.05, 0.1) is 30.8 Å². The monoisotopic (exact) mass is 453 g/mol. The zero-order valence-electron chi connectivity index (χ0n) is 17.3. The number of carbonyl (C=O) groups excluding carboxylic acids is 1. The number of nitrogen functional groups attached to an aromatic ring is 1. The van der Waals surface area contributed by atoms with Crippen LogP contribution < -0.4 is 16.6 Å². The molecule has 0 bridgehead atoms. The van der Waals surface area contributed by atoms with E-state index in [0.717, 1.165) is 32.3 Å². The summed E-state index contributed by atoms with van der Waals surface area (Å²) in [6.07, 6.45) is 5.28. The Bertz CT molecular complexity index is 933. The van der Waals surface area contributed by atoms with E-state index in [0.29, 0.717) is 48.8 Å². The predicted molar refractivity (Wildman–Crippen MR) is 118 cm³/mol. The molecular weight excluding hydrogens is 426 g/mol. The molecular formula is C20H28ClN5O5. The molecule has 0 aliphatic heterocycles. The number of nitrogens with zero attached hydrogens (tertiary/aromatic N) is 1. The second kappa shape index (κ2) is 14.3. The standard InChI is InChI=1S/C20H28ClN5O5/c21-7-3-1-2-4-9-29-12-13-30-11-8-23-20(28)31-10-5-6-15-14-24-17-16(15)18(27)26-19(22)25-17/h14H,1-4,7-13H2,(H,23,28)(H4,22,24,25,26,27). The van der Waals surface area contributed by atoms with E-state index in [1.165, 1.54) is 0 Å². The number of nitrogens with two attached hydrogens (primary N) is 1. The lowest BCUT2D eigenvalue weighted by Crippen LogP contribution is -2.28. The van der Waals surface area contributed by atoms with Crippen molar-refractivity contribution in [1.29, 1.82) is 0 Å². The van der Waals surface area contributed by atoms with Gasteiger partial charge in [0.15, 0.2) is 6.61 Å². The third-order valence-corrected chi connectivity index (χ3v) is 4.39. The summed E-state index contributed by atoms with van der Waals surface area (Å²) in [7, 11) is 0. The van der Waals surface area contributed by atoms with Crippen molar-refractivity contribution in [3.05, 3.63) is 22.1 Å². The highest BCUT2D eigenvalue weighted by molar-refractivity contribution is 6.17. The van der Waals surface area contributed by atoms with E-state index in [9.17, 15) is 9.59 Å². The molecule has 0 spiro atoms. The number of carbonyl (C=O) groups is 1. The first kappa shape index (κ1) is 24.5. The number of aromatic amines is 2. The van der Waals surface area contributed by atoms with Gasteiger partial charge in [-0.15, -0.1) is 11.6 Å². The molecule has 0 aromatic carbocycles. The average Bonchev–Trinajstić information content (AvgIpc) is 3.15. The van der Waals surface area contributed by atoms with Crippen LogP contribution in [0, 0.1) is 11.8 Å². The van der Waals surface area contributed by atoms with E-state index in [2.05, 4.69) is 32.1 Å². The molecule has 170 valence electrons. The minimum absolute atomic E-state index is 0.0178. The lowest BCUT2D eigenvalue weighted by molar-refractivity contribution is 0.0470. The summed E-state index contributed by atoms with van der Waals surface area (Å²) in [5, 5.41) is 2.87. The molecule has 11 heteroatoms. The second-order valence-electron chi connectivity index (χ2n) is 6.51. The molecule has 0 atom stereocenters. The smallest absolute Gasteiger partial charge is 0.408 e. The van der Waals surface area contributed by atoms with Gasteiger partial charge >= 0.3 is 6.09 Å². The third-order valence-electron chi connectivity index (χ3n) is 4.13. The fraction of sp³-hybridized carbons (Fsp3) is 0.550. The number of halogens is 1. The Kier molecular flexibility index (Phi) is 11.3. The molecule has 31 heavy (non-hydrogen) atoms. The van der Waals surface area contributed by atoms with Crippen LogP contribution in [0.1, 0.15) is 31.2 Å². The fourth-order valence-corrected chi connectivity index (χ4v) is 2.84. The quantitative estimate of drug-likeness (QED) is 0.205. The van der Waals surface area contributed by atoms with E-state index >= 15 is 0 Å². The molecule has 0 radical (unpaired) electrons. The van der Waals surface area contributed by atoms with Gasteiger partial charge in [-0.1, -0.05) is 24.7 Å². The minimum Gasteiger partial charge on any atom is -0.436 e. The number of alkyl halides is 1. The van der Waals surface area contributed by atoms with Crippen LogP contribution in [0.4, 0.5) is 10.7 Å². The number of amides is 1. The lowest BCUT2D eigenvalue weighted by atomic mass is 10.2. The number of aromatic nitrogens is 3. The second-order valence-corrected chi connectivity index (χ2v) is 6.89. The number of hydrogen-bond acceptors (Lipinski definition) is 7. The highest BCUT2D eigenvalue weighted by Crippen LogP contribution is 2.10. The molecule has 1 amide bonds. The molecule has 0 fully saturated rings. The average molecular weight is 454 g/mol. The first-order valence-corrected chi connectivity index (χ1v) is 10.6. The maximum atomic E-state index is 11.9. The highest BCUT2D eigenvalue weighted by Gasteiger charge is 2.08. The highest BCUT2D eigenvalue weighted by atomic mass is 35.5. The predicted octanol–water partition coefficient (Wildman–Crippen LogP) is 1.74. The van der Waals surface area contributed by atoms with Crippen LogP contribution in [0.3, 0.4) is 0 Å². The van der Waals surface area contributed by atoms with Gasteiger partial charge in [0.2, 0.25) is 5.95 Å². The zero-order valence-corrected chi connectivity index (χ0v) is 18.1. The molecule has 2 heterocycles. The van der Waals surface area contributed by atoms with Crippen molar-refractivity contribution in [3.63, 3.8) is 0 Å². The molecule has 2 rings (SSSR count). The van der Waals surface area contributed by atoms with Gasteiger partial charge in [0, 0.05) is 25.2 Å². The van der Waals surface area contributed by atoms with Crippen molar-refractivity contribution in [2.24, 2.45) is 0 Å². The molecule has 0 saturated heterocycles. The Morgan fingerprint density at radius 2 is 1.94 bits per heavy atom. The number of ether oxygens (including phenoxy) is 3. The number of nitrogens with one attached hydrogen (secondary N) is 3. The van der Waals surface area contributed by atoms with Gasteiger partial charge in [-0.25, -0.2) is 4.79 Å². The molecule has 0 aliphatic carbocycles. The van der Waals surface area contributed by atoms with E-state index in [-0.39, 0.29) is 12.6 Å². The van der Waals surface area contributed by atoms with Gasteiger partial charge in [-0.2, -0.15) is 4.98 Å². The summed E-state index contributed by atoms with van der Waals surface area (Å²) in [6, 6.07) is 0. The van der Waals surface area contributed by atoms with Gasteiger partial charge in [0.1, 0.15) is 5.65 Å². The summed E-state index contributed by atoms with van der Waals surface area (Å²) in [5.74, 6) is 6.18. The SMILES string of the molecule is Nc1nc(=O)c2c(C#CCOC(=O)NCCOCCOCCCCCCCl)c[nH]c2[nH]1. The van der Waals surface area contributed by atoms with Crippen molar-refractivity contribution in [1.82, 2.24) is 20.3 Å². The maximum Gasteiger partial charge on any atom is 0.408 e. The van der Waals surface area contributed by atoms with Crippen LogP contribution >= 0.6 is 11.6 Å². The zero-order chi connectivity index (χ0) is 22.3. The lowest BCUT2D eigenvalue weighted by Gasteiger charge is -2.07. The number of rotatable bonds is 13. The summed E-state index contributed by atoms with van der Waals surface area (Å²) in [5.41, 5.74) is 5.89. The van der Waals surface area contributed by atoms with Crippen molar-refractivity contribution in [3.8, 4) is 11.8 Å². The molecule has 5 N–H and O–H groups in total. The number of unbranched alkanes of at least 4 members (excludes halogenated alkanes) is 3. The Morgan fingerprint density at radius 3 is 2.74 bits per heavy atom. The number of alkyl carbamates (subject to hydrolysis) is 1. The first-order chi connectivity index (χ1) is 15.1. The van der Waals surface area contributed by atoms with Gasteiger partial charge in [0.25, 0.3) is 5.56 Å². The largest absolute Gasteiger partial charge is 0.436 e. The normalized spacial score (nSPS) is 10.6. The van der Waals surface area contributed by atoms with E-state index in [4.69, 9.17) is 31.5 Å². The minimum atomic E-state index is -0.600. The van der Waals surface area contributed by atoms with Gasteiger partial charge < -0.3 is 35.2 Å². The topological polar surface area (TPSA) is 144 Å². The van der Waals surface area contributed by atoms with Crippen LogP contribution in [0.2, 0.25) is 0 Å². The fourth-order valence-electron chi connectivity index (χ4n) is 2.65. The van der Waals surface area contributed by atoms with E-state index in [1.54, 1.807) is 6.20 Å². The maximum absolute atomic E-state index is 11.9. The molecule has 2 aromatic heterocycles. The summed E-state index contributed by atoms with van der Waals surface area (Å²) < 4.78 is 15.8. The van der Waals surface area contributed by atoms with Crippen LogP contribution in [-0.4, -0.2) is 66.5 Å². The van der Waals surface area contributed by atoms with Crippen LogP contribution in [0.5, 0.6) is 0 Å². The van der Waals surface area contributed by atoms with Crippen molar-refractivity contribution in [2.75, 3.05) is 51.2 Å². The first-order valence-electron chi connectivity index (χ1n) is 10.1. The molecule has 0 saturated carbocycles. The Labute approximate surface area is 185 Å². The molecule has 10 nitrogen and oxygen atoms in total. The summed E-state index contributed by atoms with van der Waals surface area (Å²) in [4.78, 5) is 32.7.